The molecular formula is C18H17FN2O2. The van der Waals surface area contributed by atoms with E-state index in [9.17, 15) is 9.50 Å². The molecule has 0 saturated carbocycles. The van der Waals surface area contributed by atoms with E-state index >= 15 is 0 Å². The largest absolute Gasteiger partial charge is 0.497 e. The zero-order valence-electron chi connectivity index (χ0n) is 12.7. The Balaban J connectivity index is 1.98. The molecule has 118 valence electrons. The van der Waals surface area contributed by atoms with Gasteiger partial charge >= 0.3 is 0 Å². The van der Waals surface area contributed by atoms with Gasteiger partial charge in [-0.25, -0.2) is 4.39 Å². The van der Waals surface area contributed by atoms with Crippen LogP contribution < -0.4 is 9.64 Å². The van der Waals surface area contributed by atoms with Crippen molar-refractivity contribution in [2.24, 2.45) is 0 Å². The summed E-state index contributed by atoms with van der Waals surface area (Å²) >= 11 is 0. The third kappa shape index (κ3) is 2.99. The van der Waals surface area contributed by atoms with E-state index in [1.807, 2.05) is 35.2 Å². The second kappa shape index (κ2) is 6.27. The molecule has 0 amide bonds. The molecule has 0 aliphatic carbocycles. The van der Waals surface area contributed by atoms with Crippen LogP contribution in [-0.4, -0.2) is 24.9 Å². The number of aliphatic hydroxyl groups is 1. The van der Waals surface area contributed by atoms with E-state index in [1.165, 1.54) is 6.07 Å². The van der Waals surface area contributed by atoms with Crippen molar-refractivity contribution in [3.05, 3.63) is 59.4 Å². The average Bonchev–Trinajstić information content (AvgIpc) is 2.96. The first-order chi connectivity index (χ1) is 11.1. The quantitative estimate of drug-likeness (QED) is 0.946. The van der Waals surface area contributed by atoms with Gasteiger partial charge in [-0.05, 0) is 42.3 Å². The van der Waals surface area contributed by atoms with Crippen molar-refractivity contribution in [2.45, 2.75) is 18.6 Å². The lowest BCUT2D eigenvalue weighted by Gasteiger charge is -2.27. The monoisotopic (exact) mass is 312 g/mol. The van der Waals surface area contributed by atoms with Crippen molar-refractivity contribution < 1.29 is 14.2 Å². The Morgan fingerprint density at radius 1 is 1.30 bits per heavy atom. The highest BCUT2D eigenvalue weighted by atomic mass is 19.1. The zero-order chi connectivity index (χ0) is 16.4. The normalized spacial score (nSPS) is 20.3. The van der Waals surface area contributed by atoms with Crippen molar-refractivity contribution in [3.63, 3.8) is 0 Å². The molecule has 3 rings (SSSR count). The second-order valence-corrected chi connectivity index (χ2v) is 5.61. The SMILES string of the molecule is COc1cccc(C2CC(O)CN2c2ccc(C#N)cc2F)c1. The maximum Gasteiger partial charge on any atom is 0.147 e. The molecule has 2 unspecified atom stereocenters. The number of hydrogen-bond acceptors (Lipinski definition) is 4. The molecule has 5 heteroatoms. The van der Waals surface area contributed by atoms with Crippen LogP contribution >= 0.6 is 0 Å². The highest BCUT2D eigenvalue weighted by Gasteiger charge is 2.33. The maximum absolute atomic E-state index is 14.4. The number of rotatable bonds is 3. The number of nitriles is 1. The topological polar surface area (TPSA) is 56.5 Å². The first kappa shape index (κ1) is 15.3. The third-order valence-electron chi connectivity index (χ3n) is 4.14. The summed E-state index contributed by atoms with van der Waals surface area (Å²) in [6, 6.07) is 13.8. The van der Waals surface area contributed by atoms with Crippen molar-refractivity contribution >= 4 is 5.69 Å². The standard InChI is InChI=1S/C18H17FN2O2/c1-23-15-4-2-3-13(8-15)18-9-14(22)11-21(18)17-6-5-12(10-20)7-16(17)19/h2-8,14,18,22H,9,11H2,1H3. The van der Waals surface area contributed by atoms with E-state index in [1.54, 1.807) is 19.2 Å². The minimum Gasteiger partial charge on any atom is -0.497 e. The molecule has 1 aliphatic heterocycles. The Bertz CT molecular complexity index is 757. The van der Waals surface area contributed by atoms with E-state index in [0.29, 0.717) is 18.7 Å². The molecular weight excluding hydrogens is 295 g/mol. The molecule has 4 nitrogen and oxygen atoms in total. The fourth-order valence-electron chi connectivity index (χ4n) is 3.05. The van der Waals surface area contributed by atoms with Gasteiger partial charge in [-0.1, -0.05) is 12.1 Å². The first-order valence-corrected chi connectivity index (χ1v) is 7.40. The number of methoxy groups -OCH3 is 1. The zero-order valence-corrected chi connectivity index (χ0v) is 12.7. The summed E-state index contributed by atoms with van der Waals surface area (Å²) in [5.74, 6) is 0.273. The van der Waals surface area contributed by atoms with E-state index < -0.39 is 11.9 Å². The molecule has 23 heavy (non-hydrogen) atoms. The van der Waals surface area contributed by atoms with Crippen LogP contribution in [-0.2, 0) is 0 Å². The first-order valence-electron chi connectivity index (χ1n) is 7.40. The van der Waals surface area contributed by atoms with Gasteiger partial charge < -0.3 is 14.7 Å². The number of nitrogens with zero attached hydrogens (tertiary/aromatic N) is 2. The molecule has 0 spiro atoms. The van der Waals surface area contributed by atoms with E-state index in [0.717, 1.165) is 11.3 Å². The second-order valence-electron chi connectivity index (χ2n) is 5.61. The van der Waals surface area contributed by atoms with Gasteiger partial charge in [0, 0.05) is 6.54 Å². The number of anilines is 1. The van der Waals surface area contributed by atoms with Crippen LogP contribution in [0.1, 0.15) is 23.6 Å². The van der Waals surface area contributed by atoms with Crippen LogP contribution in [0.4, 0.5) is 10.1 Å². The van der Waals surface area contributed by atoms with Gasteiger partial charge in [0.15, 0.2) is 0 Å². The van der Waals surface area contributed by atoms with Gasteiger partial charge in [-0.15, -0.1) is 0 Å². The third-order valence-corrected chi connectivity index (χ3v) is 4.14. The summed E-state index contributed by atoms with van der Waals surface area (Å²) in [5.41, 5.74) is 1.64. The molecule has 0 radical (unpaired) electrons. The number of ether oxygens (including phenoxy) is 1. The lowest BCUT2D eigenvalue weighted by Crippen LogP contribution is -2.25. The van der Waals surface area contributed by atoms with Gasteiger partial charge in [0.2, 0.25) is 0 Å². The molecule has 0 bridgehead atoms. The number of hydrogen-bond donors (Lipinski definition) is 1. The molecule has 2 aromatic carbocycles. The molecule has 1 aliphatic rings. The smallest absolute Gasteiger partial charge is 0.147 e. The molecule has 1 heterocycles. The summed E-state index contributed by atoms with van der Waals surface area (Å²) in [5, 5.41) is 18.9. The Hall–Kier alpha value is -2.58. The summed E-state index contributed by atoms with van der Waals surface area (Å²) in [7, 11) is 1.60. The fraction of sp³-hybridized carbons (Fsp3) is 0.278. The van der Waals surface area contributed by atoms with E-state index in [-0.39, 0.29) is 11.6 Å². The lowest BCUT2D eigenvalue weighted by molar-refractivity contribution is 0.194. The summed E-state index contributed by atoms with van der Waals surface area (Å²) in [4.78, 5) is 1.84. The van der Waals surface area contributed by atoms with Gasteiger partial charge in [0.1, 0.15) is 11.6 Å². The average molecular weight is 312 g/mol. The van der Waals surface area contributed by atoms with Crippen LogP contribution in [0.15, 0.2) is 42.5 Å². The summed E-state index contributed by atoms with van der Waals surface area (Å²) in [6.07, 6.45) is -0.00618. The van der Waals surface area contributed by atoms with Gasteiger partial charge in [-0.2, -0.15) is 5.26 Å². The molecule has 1 fully saturated rings. The maximum atomic E-state index is 14.4. The van der Waals surface area contributed by atoms with Gasteiger partial charge in [0.05, 0.1) is 36.6 Å². The van der Waals surface area contributed by atoms with Crippen LogP contribution in [0.3, 0.4) is 0 Å². The van der Waals surface area contributed by atoms with Crippen LogP contribution in [0.2, 0.25) is 0 Å². The van der Waals surface area contributed by atoms with Gasteiger partial charge in [-0.3, -0.25) is 0 Å². The Labute approximate surface area is 134 Å². The Kier molecular flexibility index (Phi) is 4.18. The lowest BCUT2D eigenvalue weighted by atomic mass is 10.0. The van der Waals surface area contributed by atoms with Crippen molar-refractivity contribution in [3.8, 4) is 11.8 Å². The highest BCUT2D eigenvalue weighted by Crippen LogP contribution is 2.38. The van der Waals surface area contributed by atoms with Gasteiger partial charge in [0.25, 0.3) is 0 Å². The van der Waals surface area contributed by atoms with Crippen molar-refractivity contribution in [1.29, 1.82) is 5.26 Å². The fourth-order valence-corrected chi connectivity index (χ4v) is 3.05. The molecule has 1 N–H and O–H groups in total. The van der Waals surface area contributed by atoms with E-state index in [4.69, 9.17) is 10.00 Å². The van der Waals surface area contributed by atoms with Crippen LogP contribution in [0.25, 0.3) is 0 Å². The number of aliphatic hydroxyl groups excluding tert-OH is 1. The number of benzene rings is 2. The predicted molar refractivity (Wildman–Crippen MR) is 84.8 cm³/mol. The van der Waals surface area contributed by atoms with Crippen molar-refractivity contribution in [1.82, 2.24) is 0 Å². The minimum absolute atomic E-state index is 0.137. The predicted octanol–water partition coefficient (Wildman–Crippen LogP) is 3.02. The summed E-state index contributed by atoms with van der Waals surface area (Å²) < 4.78 is 19.6. The van der Waals surface area contributed by atoms with Crippen molar-refractivity contribution in [2.75, 3.05) is 18.6 Å². The number of halogens is 1. The van der Waals surface area contributed by atoms with Crippen LogP contribution in [0, 0.1) is 17.1 Å². The molecule has 2 atom stereocenters. The Morgan fingerprint density at radius 2 is 2.13 bits per heavy atom. The highest BCUT2D eigenvalue weighted by molar-refractivity contribution is 5.54. The molecule has 1 saturated heterocycles. The number of β-amino-alcohol motifs (C(OH)–C–C–N with tert-alkyl or cyclic N) is 1. The van der Waals surface area contributed by atoms with Crippen LogP contribution in [0.5, 0.6) is 5.75 Å². The minimum atomic E-state index is -0.527. The molecule has 2 aromatic rings. The Morgan fingerprint density at radius 3 is 2.83 bits per heavy atom. The molecule has 0 aromatic heterocycles. The van der Waals surface area contributed by atoms with E-state index in [2.05, 4.69) is 0 Å². The summed E-state index contributed by atoms with van der Waals surface area (Å²) in [6.45, 7) is 0.352.